The third-order valence-electron chi connectivity index (χ3n) is 3.49. The van der Waals surface area contributed by atoms with Gasteiger partial charge in [-0.15, -0.1) is 0 Å². The Bertz CT molecular complexity index is 371. The van der Waals surface area contributed by atoms with Crippen LogP contribution in [0.4, 0.5) is 5.82 Å². The summed E-state index contributed by atoms with van der Waals surface area (Å²) in [6.45, 7) is 4.43. The number of nitrogens with zero attached hydrogens (tertiary/aromatic N) is 2. The molecule has 1 aliphatic carbocycles. The van der Waals surface area contributed by atoms with Crippen molar-refractivity contribution in [3.05, 3.63) is 23.9 Å². The minimum Gasteiger partial charge on any atom is -0.363 e. The monoisotopic (exact) mass is 205 g/mol. The van der Waals surface area contributed by atoms with Gasteiger partial charge in [-0.1, -0.05) is 19.9 Å². The molecule has 1 aromatic rings. The fourth-order valence-electron chi connectivity index (χ4n) is 2.30. The molecule has 2 rings (SSSR count). The van der Waals surface area contributed by atoms with Crippen molar-refractivity contribution in [2.45, 2.75) is 25.8 Å². The number of rotatable bonds is 2. The fourth-order valence-corrected chi connectivity index (χ4v) is 2.30. The molecule has 1 aromatic heterocycles. The summed E-state index contributed by atoms with van der Waals surface area (Å²) < 4.78 is 0. The van der Waals surface area contributed by atoms with Crippen LogP contribution in [0.5, 0.6) is 0 Å². The average Bonchev–Trinajstić information content (AvgIpc) is 2.66. The topological polar surface area (TPSA) is 42.2 Å². The van der Waals surface area contributed by atoms with Gasteiger partial charge in [0.2, 0.25) is 0 Å². The van der Waals surface area contributed by atoms with Gasteiger partial charge in [-0.25, -0.2) is 4.98 Å². The quantitative estimate of drug-likeness (QED) is 0.797. The number of hydrogen-bond acceptors (Lipinski definition) is 3. The Morgan fingerprint density at radius 2 is 2.00 bits per heavy atom. The van der Waals surface area contributed by atoms with Crippen LogP contribution in [0.15, 0.2) is 18.3 Å². The molecule has 0 aromatic carbocycles. The Hall–Kier alpha value is -1.09. The van der Waals surface area contributed by atoms with Crippen LogP contribution in [0.25, 0.3) is 0 Å². The van der Waals surface area contributed by atoms with Crippen molar-refractivity contribution in [3.8, 4) is 0 Å². The van der Waals surface area contributed by atoms with E-state index in [4.69, 9.17) is 5.73 Å². The normalized spacial score (nSPS) is 27.5. The highest BCUT2D eigenvalue weighted by atomic mass is 15.1. The minimum atomic E-state index is 0.216. The summed E-state index contributed by atoms with van der Waals surface area (Å²) in [6, 6.07) is 4.39. The van der Waals surface area contributed by atoms with E-state index in [9.17, 15) is 0 Å². The molecular formula is C12H19N3. The number of pyridine rings is 1. The van der Waals surface area contributed by atoms with Crippen LogP contribution in [-0.4, -0.2) is 25.1 Å². The van der Waals surface area contributed by atoms with Crippen LogP contribution >= 0.6 is 0 Å². The molecule has 1 aliphatic rings. The summed E-state index contributed by atoms with van der Waals surface area (Å²) in [6.07, 6.45) is 1.83. The first-order valence-corrected chi connectivity index (χ1v) is 5.34. The molecule has 0 saturated heterocycles. The van der Waals surface area contributed by atoms with E-state index in [0.29, 0.717) is 5.92 Å². The van der Waals surface area contributed by atoms with Crippen molar-refractivity contribution in [2.24, 2.45) is 11.1 Å². The zero-order valence-electron chi connectivity index (χ0n) is 9.86. The molecule has 1 saturated carbocycles. The van der Waals surface area contributed by atoms with Crippen LogP contribution in [-0.2, 0) is 0 Å². The zero-order valence-corrected chi connectivity index (χ0v) is 9.86. The third-order valence-corrected chi connectivity index (χ3v) is 3.49. The number of hydrogen-bond donors (Lipinski definition) is 1. The van der Waals surface area contributed by atoms with Crippen LogP contribution < -0.4 is 10.6 Å². The Balaban J connectivity index is 2.38. The highest BCUT2D eigenvalue weighted by molar-refractivity contribution is 5.52. The first-order valence-electron chi connectivity index (χ1n) is 5.34. The molecule has 0 amide bonds. The molecule has 1 heterocycles. The molecule has 0 unspecified atom stereocenters. The molecule has 2 N–H and O–H groups in total. The van der Waals surface area contributed by atoms with Crippen LogP contribution in [0.1, 0.15) is 25.3 Å². The first-order chi connectivity index (χ1) is 6.96. The molecule has 2 atom stereocenters. The minimum absolute atomic E-state index is 0.216. The summed E-state index contributed by atoms with van der Waals surface area (Å²) in [5.74, 6) is 1.49. The summed E-state index contributed by atoms with van der Waals surface area (Å²) in [7, 11) is 4.04. The molecule has 0 aliphatic heterocycles. The Labute approximate surface area is 91.3 Å². The lowest BCUT2D eigenvalue weighted by atomic mass is 10.0. The molecule has 3 nitrogen and oxygen atoms in total. The van der Waals surface area contributed by atoms with E-state index in [1.165, 1.54) is 5.56 Å². The number of nitrogens with two attached hydrogens (primary N) is 1. The molecule has 0 spiro atoms. The molecule has 0 bridgehead atoms. The van der Waals surface area contributed by atoms with Gasteiger partial charge in [0.1, 0.15) is 5.82 Å². The van der Waals surface area contributed by atoms with Gasteiger partial charge in [0.25, 0.3) is 0 Å². The molecular weight excluding hydrogens is 186 g/mol. The van der Waals surface area contributed by atoms with Crippen LogP contribution in [0.3, 0.4) is 0 Å². The van der Waals surface area contributed by atoms with Crippen molar-refractivity contribution in [2.75, 3.05) is 19.0 Å². The second-order valence-corrected chi connectivity index (χ2v) is 5.14. The molecule has 1 fully saturated rings. The molecule has 0 radical (unpaired) electrons. The fraction of sp³-hybridized carbons (Fsp3) is 0.583. The summed E-state index contributed by atoms with van der Waals surface area (Å²) in [5.41, 5.74) is 7.59. The SMILES string of the molecule is CN(C)c1ncccc1[C@H]1[C@H](N)C1(C)C. The highest BCUT2D eigenvalue weighted by Crippen LogP contribution is 2.58. The number of aromatic nitrogens is 1. The van der Waals surface area contributed by atoms with E-state index in [0.717, 1.165) is 5.82 Å². The molecule has 82 valence electrons. The van der Waals surface area contributed by atoms with Gasteiger partial charge >= 0.3 is 0 Å². The lowest BCUT2D eigenvalue weighted by Gasteiger charge is -2.16. The van der Waals surface area contributed by atoms with Gasteiger partial charge in [-0.3, -0.25) is 0 Å². The Morgan fingerprint density at radius 1 is 1.40 bits per heavy atom. The second-order valence-electron chi connectivity index (χ2n) is 5.14. The largest absolute Gasteiger partial charge is 0.363 e. The van der Waals surface area contributed by atoms with Gasteiger partial charge < -0.3 is 10.6 Å². The molecule has 15 heavy (non-hydrogen) atoms. The van der Waals surface area contributed by atoms with Crippen molar-refractivity contribution in [1.29, 1.82) is 0 Å². The van der Waals surface area contributed by atoms with Gasteiger partial charge in [0.15, 0.2) is 0 Å². The Kier molecular flexibility index (Phi) is 2.23. The van der Waals surface area contributed by atoms with E-state index in [2.05, 4.69) is 29.8 Å². The average molecular weight is 205 g/mol. The van der Waals surface area contributed by atoms with Crippen LogP contribution in [0, 0.1) is 5.41 Å². The Morgan fingerprint density at radius 3 is 2.47 bits per heavy atom. The van der Waals surface area contributed by atoms with Gasteiger partial charge in [0, 0.05) is 32.3 Å². The van der Waals surface area contributed by atoms with Gasteiger partial charge in [0.05, 0.1) is 0 Å². The lowest BCUT2D eigenvalue weighted by Crippen LogP contribution is -2.13. The van der Waals surface area contributed by atoms with E-state index >= 15 is 0 Å². The second kappa shape index (κ2) is 3.20. The van der Waals surface area contributed by atoms with Crippen molar-refractivity contribution in [1.82, 2.24) is 4.98 Å². The highest BCUT2D eigenvalue weighted by Gasteiger charge is 2.57. The lowest BCUT2D eigenvalue weighted by molar-refractivity contribution is 0.598. The van der Waals surface area contributed by atoms with E-state index in [1.54, 1.807) is 0 Å². The third kappa shape index (κ3) is 1.51. The van der Waals surface area contributed by atoms with Gasteiger partial charge in [-0.05, 0) is 17.0 Å². The van der Waals surface area contributed by atoms with E-state index in [1.807, 2.05) is 26.4 Å². The van der Waals surface area contributed by atoms with E-state index in [-0.39, 0.29) is 11.5 Å². The smallest absolute Gasteiger partial charge is 0.131 e. The standard InChI is InChI=1S/C12H19N3/c1-12(2)9(10(12)13)8-6-5-7-14-11(8)15(3)4/h5-7,9-10H,13H2,1-4H3/t9-,10-/m0/s1. The first kappa shape index (κ1) is 10.4. The van der Waals surface area contributed by atoms with Crippen molar-refractivity contribution < 1.29 is 0 Å². The van der Waals surface area contributed by atoms with E-state index < -0.39 is 0 Å². The predicted octanol–water partition coefficient (Wildman–Crippen LogP) is 1.60. The maximum absolute atomic E-state index is 6.10. The number of anilines is 1. The maximum atomic E-state index is 6.10. The molecule has 3 heteroatoms. The predicted molar refractivity (Wildman–Crippen MR) is 63.1 cm³/mol. The summed E-state index contributed by atoms with van der Waals surface area (Å²) >= 11 is 0. The maximum Gasteiger partial charge on any atom is 0.131 e. The van der Waals surface area contributed by atoms with Crippen molar-refractivity contribution in [3.63, 3.8) is 0 Å². The summed E-state index contributed by atoms with van der Waals surface area (Å²) in [4.78, 5) is 6.46. The van der Waals surface area contributed by atoms with Crippen molar-refractivity contribution >= 4 is 5.82 Å². The van der Waals surface area contributed by atoms with Gasteiger partial charge in [-0.2, -0.15) is 0 Å². The zero-order chi connectivity index (χ0) is 11.2. The van der Waals surface area contributed by atoms with Crippen LogP contribution in [0.2, 0.25) is 0 Å². The summed E-state index contributed by atoms with van der Waals surface area (Å²) in [5, 5.41) is 0.